The Kier molecular flexibility index (Phi) is 4.58. The van der Waals surface area contributed by atoms with Crippen LogP contribution in [0.3, 0.4) is 0 Å². The Morgan fingerprint density at radius 2 is 2.16 bits per heavy atom. The van der Waals surface area contributed by atoms with E-state index in [-0.39, 0.29) is 11.7 Å². The average Bonchev–Trinajstić information content (AvgIpc) is 3.27. The molecule has 0 spiro atoms. The van der Waals surface area contributed by atoms with Crippen LogP contribution in [0, 0.1) is 0 Å². The van der Waals surface area contributed by atoms with E-state index in [9.17, 15) is 4.79 Å². The van der Waals surface area contributed by atoms with Gasteiger partial charge in [0.15, 0.2) is 5.65 Å². The molecule has 0 saturated carbocycles. The average molecular weight is 339 g/mol. The third-order valence-electron chi connectivity index (χ3n) is 4.46. The van der Waals surface area contributed by atoms with E-state index in [1.54, 1.807) is 30.7 Å². The van der Waals surface area contributed by atoms with Gasteiger partial charge in [0.1, 0.15) is 0 Å². The molecule has 1 N–H and O–H groups in total. The van der Waals surface area contributed by atoms with Gasteiger partial charge < -0.3 is 4.74 Å². The minimum atomic E-state index is -0.0917. The smallest absolute Gasteiger partial charge is 0.272 e. The number of hydrogen-bond donors (Lipinski definition) is 1. The molecular weight excluding hydrogens is 318 g/mol. The Bertz CT molecular complexity index is 883. The summed E-state index contributed by atoms with van der Waals surface area (Å²) in [6.45, 7) is 3.05. The fraction of sp³-hybridized carbons (Fsp3) is 0.389. The van der Waals surface area contributed by atoms with Gasteiger partial charge in [0.2, 0.25) is 0 Å². The molecule has 1 aliphatic rings. The highest BCUT2D eigenvalue weighted by molar-refractivity contribution is 5.36. The number of nitrogens with one attached hydrogen (secondary N) is 1. The minimum absolute atomic E-state index is 0.0917. The number of nitrogens with zero attached hydrogens (tertiary/aromatic N) is 4. The van der Waals surface area contributed by atoms with Gasteiger partial charge in [0.05, 0.1) is 11.8 Å². The van der Waals surface area contributed by atoms with Crippen LogP contribution in [0.4, 0.5) is 0 Å². The lowest BCUT2D eigenvalue weighted by Gasteiger charge is -2.25. The summed E-state index contributed by atoms with van der Waals surface area (Å²) in [7, 11) is 0. The van der Waals surface area contributed by atoms with E-state index in [0.717, 1.165) is 38.2 Å². The van der Waals surface area contributed by atoms with Crippen LogP contribution in [0.15, 0.2) is 47.7 Å². The minimum Gasteiger partial charge on any atom is -0.377 e. The standard InChI is InChI=1S/C18H21N5O2/c24-18-10-15(21-17-5-8-20-23(17)18)12-22(13-16-2-1-9-25-16)11-14-3-6-19-7-4-14/h3-8,10,16,20H,1-2,9,11-13H2. The van der Waals surface area contributed by atoms with Crippen LogP contribution < -0.4 is 5.56 Å². The van der Waals surface area contributed by atoms with Gasteiger partial charge in [-0.15, -0.1) is 0 Å². The van der Waals surface area contributed by atoms with Gasteiger partial charge in [-0.05, 0) is 30.5 Å². The third-order valence-corrected chi connectivity index (χ3v) is 4.46. The Balaban J connectivity index is 1.56. The second-order valence-corrected chi connectivity index (χ2v) is 6.40. The molecule has 4 heterocycles. The first-order chi connectivity index (χ1) is 12.3. The van der Waals surface area contributed by atoms with Crippen LogP contribution >= 0.6 is 0 Å². The summed E-state index contributed by atoms with van der Waals surface area (Å²) in [5.74, 6) is 0. The van der Waals surface area contributed by atoms with Gasteiger partial charge in [0.25, 0.3) is 5.56 Å². The molecular formula is C18H21N5O2. The molecule has 3 aromatic rings. The number of fused-ring (bicyclic) bond motifs is 1. The van der Waals surface area contributed by atoms with Crippen LogP contribution in [0.25, 0.3) is 5.65 Å². The van der Waals surface area contributed by atoms with Gasteiger partial charge in [-0.1, -0.05) is 0 Å². The number of hydrogen-bond acceptors (Lipinski definition) is 5. The Hall–Kier alpha value is -2.51. The highest BCUT2D eigenvalue weighted by Gasteiger charge is 2.20. The van der Waals surface area contributed by atoms with Crippen molar-refractivity contribution in [2.45, 2.75) is 32.0 Å². The van der Waals surface area contributed by atoms with E-state index in [1.165, 1.54) is 10.1 Å². The first kappa shape index (κ1) is 16.0. The number of aromatic nitrogens is 4. The topological polar surface area (TPSA) is 75.5 Å². The Morgan fingerprint density at radius 3 is 2.96 bits per heavy atom. The van der Waals surface area contributed by atoms with E-state index < -0.39 is 0 Å². The summed E-state index contributed by atoms with van der Waals surface area (Å²) >= 11 is 0. The number of H-pyrrole nitrogens is 1. The van der Waals surface area contributed by atoms with Crippen molar-refractivity contribution in [3.05, 3.63) is 64.5 Å². The summed E-state index contributed by atoms with van der Waals surface area (Å²) in [6, 6.07) is 7.43. The first-order valence-electron chi connectivity index (χ1n) is 8.57. The Morgan fingerprint density at radius 1 is 1.28 bits per heavy atom. The van der Waals surface area contributed by atoms with Crippen molar-refractivity contribution in [1.29, 1.82) is 0 Å². The molecule has 3 aromatic heterocycles. The van der Waals surface area contributed by atoms with Crippen LogP contribution in [0.2, 0.25) is 0 Å². The van der Waals surface area contributed by atoms with E-state index >= 15 is 0 Å². The summed E-state index contributed by atoms with van der Waals surface area (Å²) in [5, 5.41) is 2.87. The lowest BCUT2D eigenvalue weighted by Crippen LogP contribution is -2.32. The second-order valence-electron chi connectivity index (χ2n) is 6.40. The van der Waals surface area contributed by atoms with Crippen LogP contribution in [0.5, 0.6) is 0 Å². The van der Waals surface area contributed by atoms with Gasteiger partial charge in [-0.25, -0.2) is 9.50 Å². The molecule has 0 amide bonds. The zero-order chi connectivity index (χ0) is 17.1. The van der Waals surface area contributed by atoms with Crippen LogP contribution in [0.1, 0.15) is 24.1 Å². The molecule has 1 fully saturated rings. The highest BCUT2D eigenvalue weighted by atomic mass is 16.5. The predicted octanol–water partition coefficient (Wildman–Crippen LogP) is 1.60. The molecule has 0 aliphatic carbocycles. The fourth-order valence-electron chi connectivity index (χ4n) is 3.30. The van der Waals surface area contributed by atoms with Gasteiger partial charge in [0, 0.05) is 57.0 Å². The second kappa shape index (κ2) is 7.16. The third kappa shape index (κ3) is 3.78. The SMILES string of the molecule is O=c1cc(CN(Cc2ccncc2)CC2CCCO2)nc2cc[nH]n12. The molecule has 130 valence electrons. The van der Waals surface area contributed by atoms with Crippen molar-refractivity contribution in [3.63, 3.8) is 0 Å². The highest BCUT2D eigenvalue weighted by Crippen LogP contribution is 2.16. The molecule has 1 aliphatic heterocycles. The molecule has 1 atom stereocenters. The van der Waals surface area contributed by atoms with Crippen LogP contribution in [-0.2, 0) is 17.8 Å². The van der Waals surface area contributed by atoms with Gasteiger partial charge >= 0.3 is 0 Å². The van der Waals surface area contributed by atoms with E-state index in [0.29, 0.717) is 12.2 Å². The first-order valence-corrected chi connectivity index (χ1v) is 8.57. The lowest BCUT2D eigenvalue weighted by molar-refractivity contribution is 0.0675. The fourth-order valence-corrected chi connectivity index (χ4v) is 3.30. The van der Waals surface area contributed by atoms with Gasteiger partial charge in [-0.3, -0.25) is 19.8 Å². The maximum absolute atomic E-state index is 12.2. The van der Waals surface area contributed by atoms with Crippen molar-refractivity contribution in [1.82, 2.24) is 24.5 Å². The summed E-state index contributed by atoms with van der Waals surface area (Å²) in [5.41, 5.74) is 2.51. The molecule has 25 heavy (non-hydrogen) atoms. The molecule has 0 bridgehead atoms. The zero-order valence-electron chi connectivity index (χ0n) is 14.0. The van der Waals surface area contributed by atoms with Crippen molar-refractivity contribution in [2.24, 2.45) is 0 Å². The summed E-state index contributed by atoms with van der Waals surface area (Å²) < 4.78 is 7.24. The lowest BCUT2D eigenvalue weighted by atomic mass is 10.2. The van der Waals surface area contributed by atoms with Gasteiger partial charge in [-0.2, -0.15) is 0 Å². The molecule has 1 saturated heterocycles. The number of pyridine rings is 1. The normalized spacial score (nSPS) is 17.6. The summed E-state index contributed by atoms with van der Waals surface area (Å²) in [6.07, 6.45) is 7.77. The molecule has 4 rings (SSSR count). The van der Waals surface area contributed by atoms with E-state index in [4.69, 9.17) is 4.74 Å². The monoisotopic (exact) mass is 339 g/mol. The largest absolute Gasteiger partial charge is 0.377 e. The summed E-state index contributed by atoms with van der Waals surface area (Å²) in [4.78, 5) is 23.1. The number of ether oxygens (including phenoxy) is 1. The van der Waals surface area contributed by atoms with E-state index in [1.807, 2.05) is 12.1 Å². The molecule has 7 heteroatoms. The molecule has 7 nitrogen and oxygen atoms in total. The quantitative estimate of drug-likeness (QED) is 0.738. The molecule has 1 unspecified atom stereocenters. The van der Waals surface area contributed by atoms with Crippen molar-refractivity contribution >= 4 is 5.65 Å². The maximum Gasteiger partial charge on any atom is 0.272 e. The zero-order valence-corrected chi connectivity index (χ0v) is 14.0. The number of rotatable bonds is 6. The maximum atomic E-state index is 12.2. The predicted molar refractivity (Wildman–Crippen MR) is 93.1 cm³/mol. The number of aromatic amines is 1. The van der Waals surface area contributed by atoms with Crippen molar-refractivity contribution in [3.8, 4) is 0 Å². The van der Waals surface area contributed by atoms with E-state index in [2.05, 4.69) is 20.0 Å². The van der Waals surface area contributed by atoms with Crippen molar-refractivity contribution in [2.75, 3.05) is 13.2 Å². The van der Waals surface area contributed by atoms with Crippen molar-refractivity contribution < 1.29 is 4.74 Å². The molecule has 0 radical (unpaired) electrons. The Labute approximate surface area is 145 Å². The van der Waals surface area contributed by atoms with Crippen LogP contribution in [-0.4, -0.2) is 43.7 Å². The molecule has 0 aromatic carbocycles.